The van der Waals surface area contributed by atoms with Crippen LogP contribution in [0.5, 0.6) is 0 Å². The first-order chi connectivity index (χ1) is 36.1. The van der Waals surface area contributed by atoms with E-state index in [1.807, 2.05) is 26.8 Å². The zero-order valence-corrected chi connectivity index (χ0v) is 47.1. The molecule has 6 N–H and O–H groups in total. The number of amides is 6. The Morgan fingerprint density at radius 3 is 2.04 bits per heavy atom. The van der Waals surface area contributed by atoms with Gasteiger partial charge in [0.1, 0.15) is 36.4 Å². The Morgan fingerprint density at radius 1 is 0.842 bits per heavy atom. The van der Waals surface area contributed by atoms with Crippen LogP contribution < -0.4 is 27.0 Å². The number of rotatable bonds is 21. The predicted octanol–water partition coefficient (Wildman–Crippen LogP) is 3.76. The third-order valence-electron chi connectivity index (χ3n) is 13.0. The Labute approximate surface area is 450 Å². The highest BCUT2D eigenvalue weighted by atomic mass is 16.6. The Kier molecular flexibility index (Phi) is 30.9. The summed E-state index contributed by atoms with van der Waals surface area (Å²) in [7, 11) is 2.83. The molecule has 2 rings (SSSR count). The summed E-state index contributed by atoms with van der Waals surface area (Å²) < 4.78 is 34.4. The minimum atomic E-state index is -1.33. The lowest BCUT2D eigenvalue weighted by Crippen LogP contribution is -2.57. The lowest BCUT2D eigenvalue weighted by molar-refractivity contribution is -0.155. The van der Waals surface area contributed by atoms with Gasteiger partial charge < -0.3 is 65.2 Å². The van der Waals surface area contributed by atoms with Gasteiger partial charge in [-0.15, -0.1) is 0 Å². The van der Waals surface area contributed by atoms with Gasteiger partial charge in [0.15, 0.2) is 6.10 Å². The van der Waals surface area contributed by atoms with E-state index in [0.29, 0.717) is 64.6 Å². The topological polar surface area (TPSA) is 273 Å². The van der Waals surface area contributed by atoms with Gasteiger partial charge in [0, 0.05) is 58.2 Å². The molecule has 9 atom stereocenters. The molecule has 0 spiro atoms. The van der Waals surface area contributed by atoms with Gasteiger partial charge in [-0.25, -0.2) is 14.4 Å². The smallest absolute Gasteiger partial charge is 0.407 e. The van der Waals surface area contributed by atoms with Gasteiger partial charge in [0.05, 0.1) is 33.0 Å². The molecule has 1 aromatic carbocycles. The average molecular weight is 1070 g/mol. The van der Waals surface area contributed by atoms with E-state index in [2.05, 4.69) is 21.3 Å². The van der Waals surface area contributed by atoms with Gasteiger partial charge in [-0.2, -0.15) is 0 Å². The molecule has 0 saturated heterocycles. The van der Waals surface area contributed by atoms with E-state index in [1.54, 1.807) is 58.0 Å². The van der Waals surface area contributed by atoms with Gasteiger partial charge in [0.25, 0.3) is 5.91 Å². The molecule has 0 radical (unpaired) electrons. The van der Waals surface area contributed by atoms with Crippen molar-refractivity contribution in [3.8, 4) is 0 Å². The molecule has 1 aliphatic heterocycles. The third-order valence-corrected chi connectivity index (χ3v) is 13.0. The van der Waals surface area contributed by atoms with Crippen LogP contribution in [-0.2, 0) is 68.4 Å². The molecule has 0 fully saturated rings. The van der Waals surface area contributed by atoms with Crippen LogP contribution >= 0.6 is 0 Å². The van der Waals surface area contributed by atoms with Crippen molar-refractivity contribution in [2.45, 2.75) is 150 Å². The molecule has 1 aliphatic rings. The summed E-state index contributed by atoms with van der Waals surface area (Å²) in [4.78, 5) is 114. The highest BCUT2D eigenvalue weighted by molar-refractivity contribution is 5.96. The largest absolute Gasteiger partial charge is 0.456 e. The molecule has 21 nitrogen and oxygen atoms in total. The molecule has 76 heavy (non-hydrogen) atoms. The number of cyclic esters (lactones) is 2. The Hall–Kier alpha value is -5.90. The summed E-state index contributed by atoms with van der Waals surface area (Å²) in [6.07, 6.45) is 0.886. The molecular formula is C55H89N7O14. The molecular weight excluding hydrogens is 983 g/mol. The van der Waals surface area contributed by atoms with Gasteiger partial charge in [-0.1, -0.05) is 83.5 Å². The first-order valence-corrected chi connectivity index (χ1v) is 26.6. The third kappa shape index (κ3) is 23.6. The Balaban J connectivity index is 2.54. The van der Waals surface area contributed by atoms with Crippen molar-refractivity contribution in [1.82, 2.24) is 31.1 Å². The van der Waals surface area contributed by atoms with Crippen molar-refractivity contribution in [2.24, 2.45) is 23.5 Å². The van der Waals surface area contributed by atoms with Gasteiger partial charge in [-0.05, 0) is 83.4 Å². The zero-order chi connectivity index (χ0) is 56.9. The number of benzene rings is 1. The Morgan fingerprint density at radius 2 is 1.45 bits per heavy atom. The van der Waals surface area contributed by atoms with Crippen LogP contribution in [0.25, 0.3) is 0 Å². The molecule has 0 aliphatic carbocycles. The Bertz CT molecular complexity index is 2070. The van der Waals surface area contributed by atoms with E-state index < -0.39 is 108 Å². The van der Waals surface area contributed by atoms with Crippen molar-refractivity contribution in [3.63, 3.8) is 0 Å². The van der Waals surface area contributed by atoms with Crippen molar-refractivity contribution in [3.05, 3.63) is 59.2 Å². The van der Waals surface area contributed by atoms with Crippen molar-refractivity contribution < 1.29 is 66.8 Å². The van der Waals surface area contributed by atoms with Gasteiger partial charge >= 0.3 is 18.0 Å². The molecule has 21 heteroatoms. The second-order valence-electron chi connectivity index (χ2n) is 19.8. The van der Waals surface area contributed by atoms with Crippen molar-refractivity contribution in [2.75, 3.05) is 73.4 Å². The van der Waals surface area contributed by atoms with Crippen LogP contribution in [0.2, 0.25) is 0 Å². The summed E-state index contributed by atoms with van der Waals surface area (Å²) in [6.45, 7) is 19.7. The number of ether oxygens (including phenoxy) is 6. The second-order valence-corrected chi connectivity index (χ2v) is 19.8. The van der Waals surface area contributed by atoms with Crippen molar-refractivity contribution >= 4 is 47.6 Å². The molecule has 0 saturated carbocycles. The lowest BCUT2D eigenvalue weighted by Gasteiger charge is -2.33. The number of nitrogens with one attached hydrogen (secondary N) is 4. The minimum absolute atomic E-state index is 0.0595. The van der Waals surface area contributed by atoms with Crippen LogP contribution in [-0.4, -0.2) is 173 Å². The summed E-state index contributed by atoms with van der Waals surface area (Å²) in [5, 5.41) is 10.8. The van der Waals surface area contributed by atoms with E-state index in [4.69, 9.17) is 34.2 Å². The first kappa shape index (κ1) is 66.2. The van der Waals surface area contributed by atoms with Crippen molar-refractivity contribution in [1.29, 1.82) is 0 Å². The number of alkyl carbamates (subject to hydrolysis) is 1. The number of likely N-dealkylation sites (N-methyl/N-ethyl adjacent to an activating group) is 2. The number of carbonyl (C=O) groups is 8. The van der Waals surface area contributed by atoms with Crippen LogP contribution in [0, 0.1) is 17.8 Å². The number of nitrogens with two attached hydrogens (primary N) is 1. The maximum absolute atomic E-state index is 14.3. The van der Waals surface area contributed by atoms with Gasteiger partial charge in [0.2, 0.25) is 23.6 Å². The molecule has 0 aromatic heterocycles. The number of hydrogen-bond acceptors (Lipinski definition) is 15. The van der Waals surface area contributed by atoms with Crippen LogP contribution in [0.15, 0.2) is 53.6 Å². The number of carbonyl (C=O) groups excluding carboxylic acids is 8. The molecule has 1 aromatic rings. The van der Waals surface area contributed by atoms with Gasteiger partial charge in [-0.3, -0.25) is 24.0 Å². The van der Waals surface area contributed by atoms with Crippen LogP contribution in [0.3, 0.4) is 0 Å². The number of allylic oxidation sites excluding steroid dienone is 1. The summed E-state index contributed by atoms with van der Waals surface area (Å²) in [6, 6.07) is 4.29. The maximum atomic E-state index is 14.3. The van der Waals surface area contributed by atoms with Crippen LogP contribution in [0.1, 0.15) is 107 Å². The fourth-order valence-electron chi connectivity index (χ4n) is 7.96. The highest BCUT2D eigenvalue weighted by Crippen LogP contribution is 2.26. The standard InChI is InChI=1S/C55H89N7O14/c1-13-36(5)47-50(65)59-41(10)54(69)76-48(37(6)14-2)39(8)44(75-55(70)57-25-19-27-72-29-31-73-30-28-71-26-18-24-56)23-22-38(7)53(68)74-45(32-35(3)4)49(64)58-40(9)51(66)62(12)43(33-42-20-16-15-17-21-42)52(67)61(11)34-46(63)60-47/h14-17,20-22,35-36,39-41,43-45,47-48H,13,18-19,23-34,56H2,1-12H3,(H,57,70)(H,58,64)(H,59,65)(H,60,63)/b37-14+,38-22+/t36-,39+,40+,41-,43-,44+,45-,47+,48-/m1/s1. The summed E-state index contributed by atoms with van der Waals surface area (Å²) >= 11 is 0. The van der Waals surface area contributed by atoms with E-state index in [9.17, 15) is 38.4 Å². The molecule has 1 heterocycles. The molecule has 0 unspecified atom stereocenters. The van der Waals surface area contributed by atoms with E-state index in [1.165, 1.54) is 45.8 Å². The summed E-state index contributed by atoms with van der Waals surface area (Å²) in [5.41, 5.74) is 6.86. The van der Waals surface area contributed by atoms with E-state index in [-0.39, 0.29) is 37.3 Å². The maximum Gasteiger partial charge on any atom is 0.407 e. The number of esters is 2. The zero-order valence-electron chi connectivity index (χ0n) is 47.1. The minimum Gasteiger partial charge on any atom is -0.456 e. The fraction of sp³-hybridized carbons (Fsp3) is 0.673. The number of hydrogen-bond donors (Lipinski definition) is 5. The molecule has 0 bridgehead atoms. The molecule has 428 valence electrons. The summed E-state index contributed by atoms with van der Waals surface area (Å²) in [5.74, 6) is -6.26. The normalized spacial score (nSPS) is 24.9. The quantitative estimate of drug-likeness (QED) is 0.0508. The first-order valence-electron chi connectivity index (χ1n) is 26.6. The second kappa shape index (κ2) is 35.4. The average Bonchev–Trinajstić information content (AvgIpc) is 3.39. The fourth-order valence-corrected chi connectivity index (χ4v) is 7.96. The SMILES string of the molecule is C/C=C(\C)[C@H]1OC(=O)[C@@H](C)NC(=O)[C@H]([C@H](C)CC)NC(=O)CN(C)C(=O)[C@@H](Cc2ccccc2)N(C)C(=O)[C@H](C)NC(=O)[C@@H](CC(C)C)OC(=O)/C(C)=C/C[C@H](OC(=O)NCCCOCCOCCOCCCN)[C@@H]1C. The lowest BCUT2D eigenvalue weighted by atomic mass is 9.90. The highest BCUT2D eigenvalue weighted by Gasteiger charge is 2.37. The number of nitrogens with zero attached hydrogens (tertiary/aromatic N) is 2. The predicted molar refractivity (Wildman–Crippen MR) is 286 cm³/mol. The van der Waals surface area contributed by atoms with E-state index in [0.717, 1.165) is 16.9 Å². The van der Waals surface area contributed by atoms with Crippen LogP contribution in [0.4, 0.5) is 4.79 Å². The monoisotopic (exact) mass is 1070 g/mol. The van der Waals surface area contributed by atoms with E-state index >= 15 is 0 Å². The molecule has 6 amide bonds.